The quantitative estimate of drug-likeness (QED) is 0.492. The summed E-state index contributed by atoms with van der Waals surface area (Å²) in [6.07, 6.45) is 8.89. The van der Waals surface area contributed by atoms with Gasteiger partial charge in [0.1, 0.15) is 17.9 Å². The van der Waals surface area contributed by atoms with E-state index < -0.39 is 0 Å². The van der Waals surface area contributed by atoms with Crippen LogP contribution >= 0.6 is 0 Å². The topological polar surface area (TPSA) is 64.4 Å². The van der Waals surface area contributed by atoms with Gasteiger partial charge in [-0.1, -0.05) is 12.1 Å². The lowest BCUT2D eigenvalue weighted by Gasteiger charge is -2.09. The lowest BCUT2D eigenvalue weighted by Crippen LogP contribution is -2.14. The highest BCUT2D eigenvalue weighted by atomic mass is 16.5. The number of anilines is 1. The molecular formula is C25H22N2O3. The summed E-state index contributed by atoms with van der Waals surface area (Å²) in [5.41, 5.74) is 6.23. The molecule has 1 amide bonds. The Kier molecular flexibility index (Phi) is 4.93. The molecule has 0 saturated carbocycles. The van der Waals surface area contributed by atoms with Gasteiger partial charge in [0, 0.05) is 40.7 Å². The highest BCUT2D eigenvalue weighted by Gasteiger charge is 2.17. The third-order valence-corrected chi connectivity index (χ3v) is 5.47. The summed E-state index contributed by atoms with van der Waals surface area (Å²) in [5, 5.41) is 4.00. The number of carbonyl (C=O) groups is 1. The molecule has 0 atom stereocenters. The Morgan fingerprint density at radius 3 is 2.87 bits per heavy atom. The van der Waals surface area contributed by atoms with E-state index in [1.807, 2.05) is 36.4 Å². The molecule has 0 saturated heterocycles. The molecule has 1 aliphatic carbocycles. The van der Waals surface area contributed by atoms with Gasteiger partial charge >= 0.3 is 0 Å². The number of ether oxygens (including phenoxy) is 1. The first-order valence-electron chi connectivity index (χ1n) is 10.2. The maximum Gasteiger partial charge on any atom is 0.228 e. The van der Waals surface area contributed by atoms with Crippen LogP contribution in [0.2, 0.25) is 0 Å². The van der Waals surface area contributed by atoms with E-state index in [1.54, 1.807) is 18.7 Å². The van der Waals surface area contributed by atoms with Crippen LogP contribution in [0, 0.1) is 0 Å². The Balaban J connectivity index is 1.25. The average molecular weight is 398 g/mol. The number of nitrogens with one attached hydrogen (secondary N) is 1. The molecule has 4 aromatic rings. The zero-order valence-corrected chi connectivity index (χ0v) is 16.6. The van der Waals surface area contributed by atoms with Crippen LogP contribution in [0.5, 0.6) is 5.75 Å². The lowest BCUT2D eigenvalue weighted by molar-refractivity contribution is -0.115. The summed E-state index contributed by atoms with van der Waals surface area (Å²) >= 11 is 0. The molecule has 1 aliphatic rings. The van der Waals surface area contributed by atoms with Crippen LogP contribution in [0.1, 0.15) is 28.7 Å². The summed E-state index contributed by atoms with van der Waals surface area (Å²) in [7, 11) is 0. The van der Waals surface area contributed by atoms with Gasteiger partial charge in [-0.05, 0) is 60.7 Å². The van der Waals surface area contributed by atoms with Gasteiger partial charge < -0.3 is 14.5 Å². The lowest BCUT2D eigenvalue weighted by atomic mass is 10.0. The van der Waals surface area contributed by atoms with Crippen molar-refractivity contribution in [1.29, 1.82) is 0 Å². The van der Waals surface area contributed by atoms with Crippen molar-refractivity contribution >= 4 is 22.6 Å². The van der Waals surface area contributed by atoms with E-state index in [9.17, 15) is 4.79 Å². The third-order valence-electron chi connectivity index (χ3n) is 5.47. The molecule has 30 heavy (non-hydrogen) atoms. The van der Waals surface area contributed by atoms with Crippen molar-refractivity contribution in [3.63, 3.8) is 0 Å². The van der Waals surface area contributed by atoms with Crippen molar-refractivity contribution in [1.82, 2.24) is 4.98 Å². The van der Waals surface area contributed by atoms with Crippen LogP contribution < -0.4 is 10.1 Å². The van der Waals surface area contributed by atoms with Crippen LogP contribution in [0.3, 0.4) is 0 Å². The molecule has 2 aromatic heterocycles. The number of hydrogen-bond acceptors (Lipinski definition) is 4. The van der Waals surface area contributed by atoms with Crippen LogP contribution in [0.4, 0.5) is 5.69 Å². The Hall–Kier alpha value is -3.60. The number of rotatable bonds is 6. The molecule has 150 valence electrons. The largest absolute Gasteiger partial charge is 0.489 e. The predicted octanol–water partition coefficient (Wildman–Crippen LogP) is 5.08. The molecular weight excluding hydrogens is 376 g/mol. The molecule has 5 heteroatoms. The minimum atomic E-state index is -0.0809. The van der Waals surface area contributed by atoms with Gasteiger partial charge in [-0.2, -0.15) is 0 Å². The fourth-order valence-electron chi connectivity index (χ4n) is 3.98. The second-order valence-corrected chi connectivity index (χ2v) is 7.63. The zero-order valence-electron chi connectivity index (χ0n) is 16.6. The number of carbonyl (C=O) groups excluding carboxylic acids is 1. The monoisotopic (exact) mass is 398 g/mol. The van der Waals surface area contributed by atoms with Crippen molar-refractivity contribution in [2.75, 3.05) is 5.32 Å². The highest BCUT2D eigenvalue weighted by molar-refractivity contribution is 5.95. The summed E-state index contributed by atoms with van der Waals surface area (Å²) < 4.78 is 11.5. The zero-order chi connectivity index (χ0) is 20.3. The van der Waals surface area contributed by atoms with Crippen molar-refractivity contribution in [2.45, 2.75) is 32.3 Å². The molecule has 2 heterocycles. The minimum Gasteiger partial charge on any atom is -0.489 e. The predicted molar refractivity (Wildman–Crippen MR) is 116 cm³/mol. The number of benzene rings is 2. The molecule has 0 radical (unpaired) electrons. The second-order valence-electron chi connectivity index (χ2n) is 7.63. The molecule has 0 unspecified atom stereocenters. The fraction of sp³-hybridized carbons (Fsp3) is 0.200. The summed E-state index contributed by atoms with van der Waals surface area (Å²) in [6, 6.07) is 15.6. The van der Waals surface area contributed by atoms with E-state index in [1.165, 1.54) is 17.5 Å². The van der Waals surface area contributed by atoms with Crippen molar-refractivity contribution in [2.24, 2.45) is 0 Å². The first kappa shape index (κ1) is 18.4. The normalized spacial score (nSPS) is 12.7. The molecule has 1 N–H and O–H groups in total. The summed E-state index contributed by atoms with van der Waals surface area (Å²) in [4.78, 5) is 16.7. The number of fused-ring (bicyclic) bond motifs is 2. The van der Waals surface area contributed by atoms with E-state index in [0.717, 1.165) is 34.9 Å². The van der Waals surface area contributed by atoms with Crippen molar-refractivity contribution in [3.8, 4) is 5.75 Å². The number of nitrogens with zero attached hydrogens (tertiary/aromatic N) is 1. The van der Waals surface area contributed by atoms with Gasteiger partial charge in [0.2, 0.25) is 5.91 Å². The molecule has 5 nitrogen and oxygen atoms in total. The van der Waals surface area contributed by atoms with E-state index >= 15 is 0 Å². The number of hydrogen-bond donors (Lipinski definition) is 1. The first-order valence-corrected chi connectivity index (χ1v) is 10.2. The van der Waals surface area contributed by atoms with Crippen molar-refractivity contribution in [3.05, 3.63) is 89.4 Å². The molecule has 0 bridgehead atoms. The number of pyridine rings is 1. The van der Waals surface area contributed by atoms with Gasteiger partial charge in [0.05, 0.1) is 12.7 Å². The van der Waals surface area contributed by atoms with E-state index in [0.29, 0.717) is 18.0 Å². The second kappa shape index (κ2) is 8.03. The smallest absolute Gasteiger partial charge is 0.228 e. The SMILES string of the molecule is O=C(Cc1coc2cc3c(cc12)CCC3)Nc1cccc(OCc2cccnc2)c1. The van der Waals surface area contributed by atoms with Crippen molar-refractivity contribution < 1.29 is 13.9 Å². The maximum absolute atomic E-state index is 12.6. The molecule has 0 fully saturated rings. The van der Waals surface area contributed by atoms with Crippen LogP contribution in [-0.2, 0) is 30.7 Å². The minimum absolute atomic E-state index is 0.0809. The number of aromatic nitrogens is 1. The Labute approximate surface area is 174 Å². The van der Waals surface area contributed by atoms with Gasteiger partial charge in [-0.3, -0.25) is 9.78 Å². The van der Waals surface area contributed by atoms with Crippen LogP contribution in [0.15, 0.2) is 71.6 Å². The number of furan rings is 1. The van der Waals surface area contributed by atoms with E-state index in [-0.39, 0.29) is 12.3 Å². The fourth-order valence-corrected chi connectivity index (χ4v) is 3.98. The molecule has 0 spiro atoms. The number of amides is 1. The first-order chi connectivity index (χ1) is 14.7. The molecule has 2 aromatic carbocycles. The standard InChI is InChI=1S/C25H22N2O3/c28-25(12-20-16-30-24-11-19-6-1-5-18(19)10-23(20)24)27-21-7-2-8-22(13-21)29-15-17-4-3-9-26-14-17/h2-4,7-11,13-14,16H,1,5-6,12,15H2,(H,27,28). The summed E-state index contributed by atoms with van der Waals surface area (Å²) in [6.45, 7) is 0.427. The van der Waals surface area contributed by atoms with Crippen LogP contribution in [-0.4, -0.2) is 10.9 Å². The van der Waals surface area contributed by atoms with Crippen LogP contribution in [0.25, 0.3) is 11.0 Å². The van der Waals surface area contributed by atoms with Gasteiger partial charge in [0.25, 0.3) is 0 Å². The van der Waals surface area contributed by atoms with E-state index in [4.69, 9.17) is 9.15 Å². The van der Waals surface area contributed by atoms with Gasteiger partial charge in [0.15, 0.2) is 0 Å². The van der Waals surface area contributed by atoms with E-state index in [2.05, 4.69) is 22.4 Å². The average Bonchev–Trinajstić information content (AvgIpc) is 3.38. The van der Waals surface area contributed by atoms with Gasteiger partial charge in [-0.15, -0.1) is 0 Å². The van der Waals surface area contributed by atoms with Gasteiger partial charge in [-0.25, -0.2) is 0 Å². The molecule has 0 aliphatic heterocycles. The molecule has 5 rings (SSSR count). The Morgan fingerprint density at radius 1 is 1.10 bits per heavy atom. The Bertz CT molecular complexity index is 1200. The number of aryl methyl sites for hydroxylation is 2. The highest BCUT2D eigenvalue weighted by Crippen LogP contribution is 2.30. The summed E-state index contributed by atoms with van der Waals surface area (Å²) in [5.74, 6) is 0.614. The Morgan fingerprint density at radius 2 is 2.00 bits per heavy atom. The third kappa shape index (κ3) is 3.92. The maximum atomic E-state index is 12.6.